The number of pyridine rings is 1. The molecule has 72 valence electrons. The van der Waals surface area contributed by atoms with Crippen LogP contribution in [0.25, 0.3) is 11.5 Å². The highest BCUT2D eigenvalue weighted by Gasteiger charge is 2.03. The minimum atomic E-state index is -0.0290. The van der Waals surface area contributed by atoms with Crippen molar-refractivity contribution < 1.29 is 5.11 Å². The third-order valence-corrected chi connectivity index (χ3v) is 1.93. The van der Waals surface area contributed by atoms with E-state index < -0.39 is 0 Å². The molecule has 2 N–H and O–H groups in total. The average Bonchev–Trinajstić information content (AvgIpc) is 2.66. The van der Waals surface area contributed by atoms with E-state index in [0.717, 1.165) is 11.4 Å². The van der Waals surface area contributed by atoms with Crippen LogP contribution in [0.2, 0.25) is 0 Å². The monoisotopic (exact) mass is 189 g/mol. The zero-order valence-electron chi connectivity index (χ0n) is 7.86. The van der Waals surface area contributed by atoms with Crippen LogP contribution in [0.3, 0.4) is 0 Å². The number of H-pyrrole nitrogens is 1. The van der Waals surface area contributed by atoms with E-state index in [1.54, 1.807) is 6.20 Å². The number of hydrogen-bond acceptors (Lipinski definition) is 3. The summed E-state index contributed by atoms with van der Waals surface area (Å²) in [6, 6.07) is 5.74. The standard InChI is InChI=1S/C10H11N3O/c1-7-3-2-4-9(12-7)10-11-5-8(6-14)13-10/h2-5,14H,6H2,1H3,(H,11,13). The summed E-state index contributed by atoms with van der Waals surface area (Å²) >= 11 is 0. The first kappa shape index (κ1) is 8.90. The minimum Gasteiger partial charge on any atom is -0.390 e. The number of nitrogens with one attached hydrogen (secondary N) is 1. The van der Waals surface area contributed by atoms with Crippen LogP contribution in [0.5, 0.6) is 0 Å². The molecule has 0 unspecified atom stereocenters. The highest BCUT2D eigenvalue weighted by atomic mass is 16.3. The first-order valence-corrected chi connectivity index (χ1v) is 4.38. The number of nitrogens with zero attached hydrogens (tertiary/aromatic N) is 2. The molecule has 4 heteroatoms. The summed E-state index contributed by atoms with van der Waals surface area (Å²) in [6.45, 7) is 1.90. The Bertz CT molecular complexity index is 436. The van der Waals surface area contributed by atoms with E-state index in [0.29, 0.717) is 11.5 Å². The van der Waals surface area contributed by atoms with Crippen LogP contribution >= 0.6 is 0 Å². The zero-order valence-corrected chi connectivity index (χ0v) is 7.86. The zero-order chi connectivity index (χ0) is 9.97. The van der Waals surface area contributed by atoms with Crippen molar-refractivity contribution in [3.05, 3.63) is 35.8 Å². The van der Waals surface area contributed by atoms with Gasteiger partial charge in [0.2, 0.25) is 0 Å². The maximum atomic E-state index is 8.86. The molecule has 0 saturated heterocycles. The third kappa shape index (κ3) is 1.65. The summed E-state index contributed by atoms with van der Waals surface area (Å²) in [6.07, 6.45) is 1.61. The Labute approximate surface area is 81.7 Å². The number of rotatable bonds is 2. The van der Waals surface area contributed by atoms with Crippen molar-refractivity contribution in [3.63, 3.8) is 0 Å². The molecule has 2 aromatic heterocycles. The smallest absolute Gasteiger partial charge is 0.156 e. The quantitative estimate of drug-likeness (QED) is 0.747. The van der Waals surface area contributed by atoms with E-state index in [1.165, 1.54) is 0 Å². The van der Waals surface area contributed by atoms with Crippen LogP contribution in [-0.2, 0) is 6.61 Å². The molecular formula is C10H11N3O. The van der Waals surface area contributed by atoms with Crippen molar-refractivity contribution in [2.75, 3.05) is 0 Å². The molecule has 0 aliphatic rings. The minimum absolute atomic E-state index is 0.0290. The molecule has 0 atom stereocenters. The number of aromatic nitrogens is 3. The molecule has 0 aliphatic heterocycles. The molecule has 14 heavy (non-hydrogen) atoms. The fourth-order valence-electron chi connectivity index (χ4n) is 1.24. The fourth-order valence-corrected chi connectivity index (χ4v) is 1.24. The third-order valence-electron chi connectivity index (χ3n) is 1.93. The number of hydrogen-bond donors (Lipinski definition) is 2. The summed E-state index contributed by atoms with van der Waals surface area (Å²) in [5, 5.41) is 8.86. The molecule has 2 aromatic rings. The average molecular weight is 189 g/mol. The first-order chi connectivity index (χ1) is 6.79. The molecule has 2 heterocycles. The van der Waals surface area contributed by atoms with E-state index in [9.17, 15) is 0 Å². The first-order valence-electron chi connectivity index (χ1n) is 4.38. The van der Waals surface area contributed by atoms with E-state index in [4.69, 9.17) is 5.11 Å². The van der Waals surface area contributed by atoms with Gasteiger partial charge in [0.15, 0.2) is 5.82 Å². The SMILES string of the molecule is Cc1cccc(-c2ncc(CO)[nH]2)n1. The molecule has 0 aliphatic carbocycles. The highest BCUT2D eigenvalue weighted by molar-refractivity contribution is 5.49. The Hall–Kier alpha value is -1.68. The van der Waals surface area contributed by atoms with Crippen molar-refractivity contribution in [1.82, 2.24) is 15.0 Å². The predicted molar refractivity (Wildman–Crippen MR) is 52.5 cm³/mol. The van der Waals surface area contributed by atoms with Gasteiger partial charge in [0.05, 0.1) is 18.5 Å². The van der Waals surface area contributed by atoms with Gasteiger partial charge in [-0.3, -0.25) is 0 Å². The summed E-state index contributed by atoms with van der Waals surface area (Å²) in [7, 11) is 0. The van der Waals surface area contributed by atoms with Crippen molar-refractivity contribution in [1.29, 1.82) is 0 Å². The van der Waals surface area contributed by atoms with Crippen LogP contribution in [0, 0.1) is 6.92 Å². The van der Waals surface area contributed by atoms with Gasteiger partial charge in [-0.15, -0.1) is 0 Å². The number of aliphatic hydroxyl groups excluding tert-OH is 1. The molecule has 0 spiro atoms. The summed E-state index contributed by atoms with van der Waals surface area (Å²) in [4.78, 5) is 11.4. The molecule has 0 saturated carbocycles. The molecule has 0 fully saturated rings. The largest absolute Gasteiger partial charge is 0.390 e. The molecule has 0 radical (unpaired) electrons. The van der Waals surface area contributed by atoms with Crippen molar-refractivity contribution in [2.45, 2.75) is 13.5 Å². The van der Waals surface area contributed by atoms with Gasteiger partial charge in [0.1, 0.15) is 5.69 Å². The molecule has 2 rings (SSSR count). The molecule has 0 aromatic carbocycles. The van der Waals surface area contributed by atoms with Crippen molar-refractivity contribution in [2.24, 2.45) is 0 Å². The molecule has 0 amide bonds. The maximum Gasteiger partial charge on any atom is 0.156 e. The summed E-state index contributed by atoms with van der Waals surface area (Å²) in [5.74, 6) is 0.692. The van der Waals surface area contributed by atoms with E-state index in [2.05, 4.69) is 15.0 Å². The lowest BCUT2D eigenvalue weighted by molar-refractivity contribution is 0.277. The second kappa shape index (κ2) is 3.59. The van der Waals surface area contributed by atoms with Gasteiger partial charge < -0.3 is 10.1 Å². The van der Waals surface area contributed by atoms with Crippen LogP contribution in [-0.4, -0.2) is 20.1 Å². The highest BCUT2D eigenvalue weighted by Crippen LogP contribution is 2.12. The van der Waals surface area contributed by atoms with E-state index >= 15 is 0 Å². The number of aromatic amines is 1. The molecule has 4 nitrogen and oxygen atoms in total. The Kier molecular flexibility index (Phi) is 2.28. The lowest BCUT2D eigenvalue weighted by Crippen LogP contribution is -1.88. The number of aryl methyl sites for hydroxylation is 1. The van der Waals surface area contributed by atoms with Gasteiger partial charge in [-0.05, 0) is 19.1 Å². The Morgan fingerprint density at radius 1 is 1.43 bits per heavy atom. The second-order valence-electron chi connectivity index (χ2n) is 3.08. The fraction of sp³-hybridized carbons (Fsp3) is 0.200. The summed E-state index contributed by atoms with van der Waals surface area (Å²) < 4.78 is 0. The number of aliphatic hydroxyl groups is 1. The van der Waals surface area contributed by atoms with E-state index in [-0.39, 0.29) is 6.61 Å². The lowest BCUT2D eigenvalue weighted by Gasteiger charge is -1.96. The van der Waals surface area contributed by atoms with Crippen LogP contribution in [0.1, 0.15) is 11.4 Å². The van der Waals surface area contributed by atoms with Gasteiger partial charge in [0.25, 0.3) is 0 Å². The van der Waals surface area contributed by atoms with Crippen molar-refractivity contribution >= 4 is 0 Å². The second-order valence-corrected chi connectivity index (χ2v) is 3.08. The van der Waals surface area contributed by atoms with Crippen molar-refractivity contribution in [3.8, 4) is 11.5 Å². The van der Waals surface area contributed by atoms with E-state index in [1.807, 2.05) is 25.1 Å². The Morgan fingerprint density at radius 2 is 2.29 bits per heavy atom. The lowest BCUT2D eigenvalue weighted by atomic mass is 10.3. The normalized spacial score (nSPS) is 10.4. The number of imidazole rings is 1. The van der Waals surface area contributed by atoms with Crippen LogP contribution in [0.15, 0.2) is 24.4 Å². The van der Waals surface area contributed by atoms with Gasteiger partial charge >= 0.3 is 0 Å². The van der Waals surface area contributed by atoms with Gasteiger partial charge in [-0.1, -0.05) is 6.07 Å². The maximum absolute atomic E-state index is 8.86. The van der Waals surface area contributed by atoms with Crippen LogP contribution < -0.4 is 0 Å². The molecule has 0 bridgehead atoms. The van der Waals surface area contributed by atoms with Gasteiger partial charge in [-0.2, -0.15) is 0 Å². The topological polar surface area (TPSA) is 61.8 Å². The summed E-state index contributed by atoms with van der Waals surface area (Å²) in [5.41, 5.74) is 2.44. The van der Waals surface area contributed by atoms with Gasteiger partial charge in [-0.25, -0.2) is 9.97 Å². The molecular weight excluding hydrogens is 178 g/mol. The predicted octanol–water partition coefficient (Wildman–Crippen LogP) is 1.27. The Morgan fingerprint density at radius 3 is 2.93 bits per heavy atom. The van der Waals surface area contributed by atoms with Crippen LogP contribution in [0.4, 0.5) is 0 Å². The van der Waals surface area contributed by atoms with Gasteiger partial charge in [0, 0.05) is 5.69 Å². The Balaban J connectivity index is 2.39.